The van der Waals surface area contributed by atoms with Gasteiger partial charge in [0.2, 0.25) is 0 Å². The molecule has 1 heterocycles. The van der Waals surface area contributed by atoms with Gasteiger partial charge in [-0.25, -0.2) is 0 Å². The maximum Gasteiger partial charge on any atom is 0.257 e. The number of hydrogen-bond acceptors (Lipinski definition) is 3. The molecule has 21 heavy (non-hydrogen) atoms. The molecular weight excluding hydrogens is 358 g/mol. The molecule has 0 bridgehead atoms. The second-order valence-electron chi connectivity index (χ2n) is 5.68. The molecule has 0 radical (unpaired) electrons. The van der Waals surface area contributed by atoms with Gasteiger partial charge in [0.15, 0.2) is 0 Å². The van der Waals surface area contributed by atoms with E-state index in [1.807, 2.05) is 19.9 Å². The highest BCUT2D eigenvalue weighted by Crippen LogP contribution is 2.28. The molecule has 1 aromatic carbocycles. The zero-order chi connectivity index (χ0) is 15.6. The second kappa shape index (κ2) is 6.55. The van der Waals surface area contributed by atoms with Crippen molar-refractivity contribution < 1.29 is 14.3 Å². The molecule has 1 amide bonds. The van der Waals surface area contributed by atoms with Crippen LogP contribution in [0.25, 0.3) is 0 Å². The lowest BCUT2D eigenvalue weighted by Gasteiger charge is -2.42. The number of rotatable bonds is 3. The SMILES string of the molecule is COc1cc(Br)ccc1C(=O)N1CC(CCl)OC(C)(C)C1. The van der Waals surface area contributed by atoms with E-state index in [1.165, 1.54) is 0 Å². The van der Waals surface area contributed by atoms with E-state index in [2.05, 4.69) is 15.9 Å². The summed E-state index contributed by atoms with van der Waals surface area (Å²) in [5.41, 5.74) is 0.141. The molecule has 1 aliphatic rings. The van der Waals surface area contributed by atoms with Gasteiger partial charge in [-0.2, -0.15) is 0 Å². The van der Waals surface area contributed by atoms with Crippen LogP contribution in [0.4, 0.5) is 0 Å². The van der Waals surface area contributed by atoms with Crippen molar-refractivity contribution in [2.45, 2.75) is 25.6 Å². The predicted octanol–water partition coefficient (Wildman–Crippen LogP) is 3.32. The number of carbonyl (C=O) groups is 1. The van der Waals surface area contributed by atoms with Crippen molar-refractivity contribution in [3.63, 3.8) is 0 Å². The summed E-state index contributed by atoms with van der Waals surface area (Å²) in [6.45, 7) is 4.94. The number of amides is 1. The van der Waals surface area contributed by atoms with E-state index in [9.17, 15) is 4.79 Å². The number of hydrogen-bond donors (Lipinski definition) is 0. The molecule has 1 fully saturated rings. The van der Waals surface area contributed by atoms with E-state index in [1.54, 1.807) is 24.1 Å². The summed E-state index contributed by atoms with van der Waals surface area (Å²) in [7, 11) is 1.56. The van der Waals surface area contributed by atoms with Crippen molar-refractivity contribution in [2.75, 3.05) is 26.1 Å². The van der Waals surface area contributed by atoms with Gasteiger partial charge in [-0.05, 0) is 32.0 Å². The standard InChI is InChI=1S/C15H19BrClNO3/c1-15(2)9-18(8-11(7-17)21-15)14(19)12-5-4-10(16)6-13(12)20-3/h4-6,11H,7-9H2,1-3H3. The normalized spacial score (nSPS) is 21.2. The summed E-state index contributed by atoms with van der Waals surface area (Å²) < 4.78 is 12.0. The van der Waals surface area contributed by atoms with Gasteiger partial charge in [-0.1, -0.05) is 15.9 Å². The van der Waals surface area contributed by atoms with Crippen LogP contribution in [0.5, 0.6) is 5.75 Å². The van der Waals surface area contributed by atoms with E-state index < -0.39 is 5.60 Å². The fourth-order valence-corrected chi connectivity index (χ4v) is 3.04. The Hall–Kier alpha value is -0.780. The van der Waals surface area contributed by atoms with Crippen LogP contribution in [0, 0.1) is 0 Å². The summed E-state index contributed by atoms with van der Waals surface area (Å²) in [5, 5.41) is 0. The van der Waals surface area contributed by atoms with Crippen molar-refractivity contribution in [3.05, 3.63) is 28.2 Å². The third kappa shape index (κ3) is 3.90. The monoisotopic (exact) mass is 375 g/mol. The Bertz CT molecular complexity index is 536. The number of nitrogens with zero attached hydrogens (tertiary/aromatic N) is 1. The number of ether oxygens (including phenoxy) is 2. The van der Waals surface area contributed by atoms with E-state index in [0.717, 1.165) is 4.47 Å². The van der Waals surface area contributed by atoms with Crippen molar-refractivity contribution >= 4 is 33.4 Å². The molecule has 1 atom stereocenters. The highest BCUT2D eigenvalue weighted by Gasteiger charge is 2.36. The van der Waals surface area contributed by atoms with E-state index in [-0.39, 0.29) is 12.0 Å². The zero-order valence-corrected chi connectivity index (χ0v) is 14.7. The molecule has 6 heteroatoms. The van der Waals surface area contributed by atoms with Crippen molar-refractivity contribution in [3.8, 4) is 5.75 Å². The largest absolute Gasteiger partial charge is 0.496 e. The Labute approximate surface area is 138 Å². The number of methoxy groups -OCH3 is 1. The Balaban J connectivity index is 2.27. The molecule has 0 saturated carbocycles. The van der Waals surface area contributed by atoms with E-state index in [4.69, 9.17) is 21.1 Å². The highest BCUT2D eigenvalue weighted by atomic mass is 79.9. The van der Waals surface area contributed by atoms with Gasteiger partial charge >= 0.3 is 0 Å². The van der Waals surface area contributed by atoms with Crippen LogP contribution in [0.1, 0.15) is 24.2 Å². The number of morpholine rings is 1. The predicted molar refractivity (Wildman–Crippen MR) is 86.3 cm³/mol. The van der Waals surface area contributed by atoms with Crippen LogP contribution in [0.3, 0.4) is 0 Å². The summed E-state index contributed by atoms with van der Waals surface area (Å²) in [6, 6.07) is 5.39. The molecule has 4 nitrogen and oxygen atoms in total. The smallest absolute Gasteiger partial charge is 0.257 e. The molecule has 1 aromatic rings. The van der Waals surface area contributed by atoms with Crippen LogP contribution < -0.4 is 4.74 Å². The maximum atomic E-state index is 12.8. The Morgan fingerprint density at radius 2 is 2.29 bits per heavy atom. The first-order valence-corrected chi connectivity index (χ1v) is 8.05. The van der Waals surface area contributed by atoms with Gasteiger partial charge in [-0.3, -0.25) is 4.79 Å². The number of benzene rings is 1. The van der Waals surface area contributed by atoms with Gasteiger partial charge < -0.3 is 14.4 Å². The second-order valence-corrected chi connectivity index (χ2v) is 6.91. The number of halogens is 2. The molecule has 1 unspecified atom stereocenters. The summed E-state index contributed by atoms with van der Waals surface area (Å²) in [5.74, 6) is 0.858. The minimum Gasteiger partial charge on any atom is -0.496 e. The Kier molecular flexibility index (Phi) is 5.17. The summed E-state index contributed by atoms with van der Waals surface area (Å²) in [4.78, 5) is 14.6. The molecule has 0 aromatic heterocycles. The third-order valence-electron chi connectivity index (χ3n) is 3.33. The first-order valence-electron chi connectivity index (χ1n) is 6.73. The molecular formula is C15H19BrClNO3. The molecule has 0 N–H and O–H groups in total. The average Bonchev–Trinajstić information content (AvgIpc) is 2.44. The van der Waals surface area contributed by atoms with Crippen LogP contribution in [-0.4, -0.2) is 48.6 Å². The first-order chi connectivity index (χ1) is 9.86. The van der Waals surface area contributed by atoms with Crippen LogP contribution in [0.15, 0.2) is 22.7 Å². The zero-order valence-electron chi connectivity index (χ0n) is 12.4. The fraction of sp³-hybridized carbons (Fsp3) is 0.533. The van der Waals surface area contributed by atoms with Crippen molar-refractivity contribution in [1.29, 1.82) is 0 Å². The Morgan fingerprint density at radius 1 is 1.57 bits per heavy atom. The van der Waals surface area contributed by atoms with Crippen LogP contribution >= 0.6 is 27.5 Å². The van der Waals surface area contributed by atoms with Gasteiger partial charge in [0.25, 0.3) is 5.91 Å². The molecule has 1 aliphatic heterocycles. The number of carbonyl (C=O) groups excluding carboxylic acids is 1. The minimum atomic E-state index is -0.407. The topological polar surface area (TPSA) is 38.8 Å². The Morgan fingerprint density at radius 3 is 2.90 bits per heavy atom. The molecule has 1 saturated heterocycles. The van der Waals surface area contributed by atoms with E-state index in [0.29, 0.717) is 30.3 Å². The van der Waals surface area contributed by atoms with Gasteiger partial charge in [0.05, 0.1) is 30.3 Å². The molecule has 0 aliphatic carbocycles. The van der Waals surface area contributed by atoms with E-state index >= 15 is 0 Å². The van der Waals surface area contributed by atoms with Crippen LogP contribution in [-0.2, 0) is 4.74 Å². The lowest BCUT2D eigenvalue weighted by Crippen LogP contribution is -2.55. The minimum absolute atomic E-state index is 0.0640. The average molecular weight is 377 g/mol. The lowest BCUT2D eigenvalue weighted by molar-refractivity contribution is -0.117. The highest BCUT2D eigenvalue weighted by molar-refractivity contribution is 9.10. The summed E-state index contributed by atoms with van der Waals surface area (Å²) >= 11 is 9.29. The van der Waals surface area contributed by atoms with Gasteiger partial charge in [0, 0.05) is 17.6 Å². The van der Waals surface area contributed by atoms with Gasteiger partial charge in [-0.15, -0.1) is 11.6 Å². The maximum absolute atomic E-state index is 12.8. The quantitative estimate of drug-likeness (QED) is 0.760. The molecule has 116 valence electrons. The van der Waals surface area contributed by atoms with Crippen molar-refractivity contribution in [2.24, 2.45) is 0 Å². The number of alkyl halides is 1. The first kappa shape index (κ1) is 16.6. The van der Waals surface area contributed by atoms with Gasteiger partial charge in [0.1, 0.15) is 5.75 Å². The lowest BCUT2D eigenvalue weighted by atomic mass is 10.0. The summed E-state index contributed by atoms with van der Waals surface area (Å²) in [6.07, 6.45) is -0.152. The third-order valence-corrected chi connectivity index (χ3v) is 4.17. The fourth-order valence-electron chi connectivity index (χ4n) is 2.54. The van der Waals surface area contributed by atoms with Crippen LogP contribution in [0.2, 0.25) is 0 Å². The molecule has 0 spiro atoms. The van der Waals surface area contributed by atoms with Crippen molar-refractivity contribution in [1.82, 2.24) is 4.90 Å². The molecule has 2 rings (SSSR count).